The first-order chi connectivity index (χ1) is 13.8. The number of hydrogen-bond donors (Lipinski definition) is 3. The largest absolute Gasteiger partial charge is 0.410 e. The highest BCUT2D eigenvalue weighted by Gasteiger charge is 2.32. The molecule has 0 aliphatic heterocycles. The van der Waals surface area contributed by atoms with Gasteiger partial charge in [-0.1, -0.05) is 68.4 Å². The summed E-state index contributed by atoms with van der Waals surface area (Å²) in [4.78, 5) is 37.0. The van der Waals surface area contributed by atoms with Crippen LogP contribution in [0.5, 0.6) is 0 Å². The highest BCUT2D eigenvalue weighted by atomic mass is 32.1. The van der Waals surface area contributed by atoms with Crippen LogP contribution in [-0.4, -0.2) is 29.0 Å². The first-order valence-electron chi connectivity index (χ1n) is 9.67. The van der Waals surface area contributed by atoms with E-state index in [1.54, 1.807) is 0 Å². The Morgan fingerprint density at radius 1 is 1.07 bits per heavy atom. The molecule has 3 rings (SSSR count). The molecule has 0 spiro atoms. The van der Waals surface area contributed by atoms with Gasteiger partial charge < -0.3 is 14.9 Å². The van der Waals surface area contributed by atoms with Crippen LogP contribution in [0.25, 0.3) is 11.3 Å². The maximum absolute atomic E-state index is 12.4. The van der Waals surface area contributed by atoms with Crippen molar-refractivity contribution < 1.29 is 14.4 Å². The molecule has 0 fully saturated rings. The van der Waals surface area contributed by atoms with Gasteiger partial charge in [0.1, 0.15) is 0 Å². The van der Waals surface area contributed by atoms with Gasteiger partial charge in [0.2, 0.25) is 0 Å². The molecule has 0 bridgehead atoms. The minimum atomic E-state index is -3.13. The summed E-state index contributed by atoms with van der Waals surface area (Å²) < 4.78 is 0. The number of nitrogens with zero attached hydrogens (tertiary/aromatic N) is 1. The Labute approximate surface area is 176 Å². The van der Waals surface area contributed by atoms with Gasteiger partial charge in [-0.3, -0.25) is 4.79 Å². The van der Waals surface area contributed by atoms with Gasteiger partial charge in [-0.15, -0.1) is 11.3 Å². The minimum absolute atomic E-state index is 0.0785. The van der Waals surface area contributed by atoms with Crippen LogP contribution in [0, 0.1) is 0 Å². The third-order valence-corrected chi connectivity index (χ3v) is 8.63. The van der Waals surface area contributed by atoms with E-state index in [9.17, 15) is 14.4 Å². The molecule has 0 saturated carbocycles. The van der Waals surface area contributed by atoms with Gasteiger partial charge in [-0.2, -0.15) is 0 Å². The van der Waals surface area contributed by atoms with Crippen LogP contribution in [0.15, 0.2) is 60.0 Å². The van der Waals surface area contributed by atoms with Crippen LogP contribution in [-0.2, 0) is 13.0 Å². The van der Waals surface area contributed by atoms with Crippen LogP contribution < -0.4 is 5.32 Å². The summed E-state index contributed by atoms with van der Waals surface area (Å²) >= 11 is 1.33. The SMILES string of the molecule is CC(C)[Si](O)(O)CCc1ccc(CNC(=O)c2nc(-c3ccccc3)cs2)cc1. The lowest BCUT2D eigenvalue weighted by Gasteiger charge is -2.21. The molecule has 0 unspecified atom stereocenters. The highest BCUT2D eigenvalue weighted by Crippen LogP contribution is 2.22. The van der Waals surface area contributed by atoms with Crippen LogP contribution in [0.2, 0.25) is 11.6 Å². The Balaban J connectivity index is 1.52. The van der Waals surface area contributed by atoms with Gasteiger partial charge in [0.15, 0.2) is 5.01 Å². The van der Waals surface area contributed by atoms with Gasteiger partial charge in [0.05, 0.1) is 5.69 Å². The number of thiazole rings is 1. The fraction of sp³-hybridized carbons (Fsp3) is 0.273. The molecule has 0 radical (unpaired) electrons. The number of aromatic nitrogens is 1. The van der Waals surface area contributed by atoms with E-state index >= 15 is 0 Å². The van der Waals surface area contributed by atoms with E-state index in [0.29, 0.717) is 24.0 Å². The van der Waals surface area contributed by atoms with Gasteiger partial charge in [-0.05, 0) is 29.1 Å². The fourth-order valence-corrected chi connectivity index (χ4v) is 4.79. The summed E-state index contributed by atoms with van der Waals surface area (Å²) in [5.41, 5.74) is 3.77. The number of carbonyl (C=O) groups excluding carboxylic acids is 1. The molecule has 0 aliphatic carbocycles. The maximum Gasteiger partial charge on any atom is 0.335 e. The van der Waals surface area contributed by atoms with Crippen LogP contribution in [0.1, 0.15) is 34.8 Å². The summed E-state index contributed by atoms with van der Waals surface area (Å²) in [5, 5.41) is 5.24. The first kappa shape index (κ1) is 21.4. The maximum atomic E-state index is 12.4. The normalized spacial score (nSPS) is 11.6. The van der Waals surface area contributed by atoms with E-state index in [-0.39, 0.29) is 11.4 Å². The number of aryl methyl sites for hydroxylation is 1. The van der Waals surface area contributed by atoms with Crippen LogP contribution in [0.4, 0.5) is 0 Å². The monoisotopic (exact) mass is 426 g/mol. The number of carbonyl (C=O) groups is 1. The molecule has 7 heteroatoms. The van der Waals surface area contributed by atoms with E-state index in [1.807, 2.05) is 73.8 Å². The first-order valence-corrected chi connectivity index (χ1v) is 12.7. The number of hydrogen-bond acceptors (Lipinski definition) is 5. The molecule has 29 heavy (non-hydrogen) atoms. The molecular weight excluding hydrogens is 400 g/mol. The van der Waals surface area contributed by atoms with Crippen molar-refractivity contribution in [3.05, 3.63) is 76.1 Å². The second-order valence-electron chi connectivity index (χ2n) is 7.44. The van der Waals surface area contributed by atoms with Crippen molar-refractivity contribution in [1.29, 1.82) is 0 Å². The van der Waals surface area contributed by atoms with E-state index < -0.39 is 8.56 Å². The topological polar surface area (TPSA) is 82.5 Å². The molecule has 3 N–H and O–H groups in total. The molecule has 2 aromatic carbocycles. The lowest BCUT2D eigenvalue weighted by atomic mass is 10.1. The quantitative estimate of drug-likeness (QED) is 0.473. The smallest absolute Gasteiger partial charge is 0.335 e. The van der Waals surface area contributed by atoms with Crippen molar-refractivity contribution in [2.75, 3.05) is 0 Å². The van der Waals surface area contributed by atoms with Crippen molar-refractivity contribution in [3.8, 4) is 11.3 Å². The molecule has 1 aromatic heterocycles. The molecular formula is C22H26N2O3SSi. The highest BCUT2D eigenvalue weighted by molar-refractivity contribution is 7.12. The zero-order valence-corrected chi connectivity index (χ0v) is 18.4. The number of rotatable bonds is 8. The van der Waals surface area contributed by atoms with Crippen molar-refractivity contribution in [2.45, 2.75) is 38.4 Å². The lowest BCUT2D eigenvalue weighted by Crippen LogP contribution is -2.38. The second kappa shape index (κ2) is 9.45. The molecule has 0 saturated heterocycles. The molecule has 3 aromatic rings. The van der Waals surface area contributed by atoms with Crippen molar-refractivity contribution >= 4 is 25.8 Å². The van der Waals surface area contributed by atoms with E-state index in [0.717, 1.165) is 22.4 Å². The summed E-state index contributed by atoms with van der Waals surface area (Å²) in [6.07, 6.45) is 0.644. The van der Waals surface area contributed by atoms with Gasteiger partial charge >= 0.3 is 8.56 Å². The standard InChI is InChI=1S/C22H26N2O3SSi/c1-16(2)29(26,27)13-12-17-8-10-18(11-9-17)14-23-21(25)22-24-20(15-28-22)19-6-4-3-5-7-19/h3-11,15-16,26-27H,12-14H2,1-2H3,(H,23,25). The van der Waals surface area contributed by atoms with Crippen LogP contribution >= 0.6 is 11.3 Å². The Morgan fingerprint density at radius 2 is 1.72 bits per heavy atom. The number of nitrogens with one attached hydrogen (secondary N) is 1. The zero-order chi connectivity index (χ0) is 20.9. The fourth-order valence-electron chi connectivity index (χ4n) is 2.82. The summed E-state index contributed by atoms with van der Waals surface area (Å²) in [5.74, 6) is -0.186. The average Bonchev–Trinajstić information content (AvgIpc) is 3.22. The molecule has 0 atom stereocenters. The van der Waals surface area contributed by atoms with Gasteiger partial charge in [0, 0.05) is 17.5 Å². The predicted octanol–water partition coefficient (Wildman–Crippen LogP) is 4.12. The molecule has 152 valence electrons. The Hall–Kier alpha value is -2.32. The van der Waals surface area contributed by atoms with Gasteiger partial charge in [0.25, 0.3) is 5.91 Å². The zero-order valence-electron chi connectivity index (χ0n) is 16.6. The lowest BCUT2D eigenvalue weighted by molar-refractivity contribution is 0.0950. The summed E-state index contributed by atoms with van der Waals surface area (Å²) in [7, 11) is -3.13. The molecule has 1 heterocycles. The van der Waals surface area contributed by atoms with E-state index in [1.165, 1.54) is 11.3 Å². The Bertz CT molecular complexity index is 940. The third kappa shape index (κ3) is 5.83. The second-order valence-corrected chi connectivity index (χ2v) is 11.7. The van der Waals surface area contributed by atoms with E-state index in [4.69, 9.17) is 0 Å². The molecule has 5 nitrogen and oxygen atoms in total. The average molecular weight is 427 g/mol. The molecule has 1 amide bonds. The van der Waals surface area contributed by atoms with E-state index in [2.05, 4.69) is 10.3 Å². The third-order valence-electron chi connectivity index (χ3n) is 4.95. The van der Waals surface area contributed by atoms with Crippen LogP contribution in [0.3, 0.4) is 0 Å². The van der Waals surface area contributed by atoms with Crippen molar-refractivity contribution in [2.24, 2.45) is 0 Å². The predicted molar refractivity (Wildman–Crippen MR) is 119 cm³/mol. The van der Waals surface area contributed by atoms with Crippen molar-refractivity contribution in [1.82, 2.24) is 10.3 Å². The molecule has 0 aliphatic rings. The van der Waals surface area contributed by atoms with Crippen molar-refractivity contribution in [3.63, 3.8) is 0 Å². The summed E-state index contributed by atoms with van der Waals surface area (Å²) in [6.45, 7) is 4.12. The number of amides is 1. The minimum Gasteiger partial charge on any atom is -0.410 e. The van der Waals surface area contributed by atoms with Gasteiger partial charge in [-0.25, -0.2) is 4.98 Å². The Morgan fingerprint density at radius 3 is 2.38 bits per heavy atom. The number of benzene rings is 2. The Kier molecular flexibility index (Phi) is 6.97. The summed E-state index contributed by atoms with van der Waals surface area (Å²) in [6, 6.07) is 18.1.